The van der Waals surface area contributed by atoms with Crippen molar-refractivity contribution in [3.63, 3.8) is 0 Å². The van der Waals surface area contributed by atoms with E-state index < -0.39 is 35.6 Å². The molecular weight excluding hydrogens is 586 g/mol. The summed E-state index contributed by atoms with van der Waals surface area (Å²) in [5.41, 5.74) is -0.628. The predicted octanol–water partition coefficient (Wildman–Crippen LogP) is 3.66. The maximum Gasteiger partial charge on any atom is 0.253 e. The van der Waals surface area contributed by atoms with Gasteiger partial charge in [0.05, 0.1) is 30.6 Å². The summed E-state index contributed by atoms with van der Waals surface area (Å²) in [4.78, 5) is 47.1. The Bertz CT molecular complexity index is 1130. The van der Waals surface area contributed by atoms with Crippen LogP contribution in [0.2, 0.25) is 5.02 Å². The van der Waals surface area contributed by atoms with Crippen LogP contribution in [0.3, 0.4) is 0 Å². The van der Waals surface area contributed by atoms with Crippen LogP contribution in [0.5, 0.6) is 0 Å². The van der Waals surface area contributed by atoms with E-state index in [1.54, 1.807) is 48.4 Å². The van der Waals surface area contributed by atoms with Crippen LogP contribution in [0.4, 0.5) is 5.69 Å². The molecule has 3 saturated heterocycles. The van der Waals surface area contributed by atoms with Crippen molar-refractivity contribution in [1.82, 2.24) is 9.80 Å². The van der Waals surface area contributed by atoms with Crippen molar-refractivity contribution in [2.45, 2.75) is 55.3 Å². The van der Waals surface area contributed by atoms with Gasteiger partial charge < -0.3 is 24.5 Å². The number of rotatable bonds is 11. The van der Waals surface area contributed by atoms with E-state index in [0.29, 0.717) is 30.1 Å². The number of aliphatic hydroxyl groups is 1. The van der Waals surface area contributed by atoms with Gasteiger partial charge in [0.15, 0.2) is 0 Å². The summed E-state index contributed by atoms with van der Waals surface area (Å²) in [5.74, 6) is -2.60. The smallest absolute Gasteiger partial charge is 0.253 e. The number of ether oxygens (including phenoxy) is 1. The molecule has 3 heterocycles. The van der Waals surface area contributed by atoms with E-state index >= 15 is 0 Å². The van der Waals surface area contributed by atoms with Crippen LogP contribution in [-0.2, 0) is 19.1 Å². The maximum atomic E-state index is 14.6. The fourth-order valence-corrected chi connectivity index (χ4v) is 7.63. The zero-order valence-electron chi connectivity index (χ0n) is 22.6. The summed E-state index contributed by atoms with van der Waals surface area (Å²) in [6.07, 6.45) is 3.77. The topological polar surface area (TPSA) is 90.4 Å². The number of nitrogens with zero attached hydrogens (tertiary/aromatic N) is 3. The second-order valence-electron chi connectivity index (χ2n) is 10.8. The molecule has 8 nitrogen and oxygen atoms in total. The molecule has 10 heteroatoms. The molecule has 0 aromatic heterocycles. The van der Waals surface area contributed by atoms with Crippen LogP contribution in [0.1, 0.15) is 26.7 Å². The lowest BCUT2D eigenvalue weighted by Gasteiger charge is -2.41. The van der Waals surface area contributed by atoms with E-state index in [9.17, 15) is 19.5 Å². The number of alkyl halides is 1. The normalized spacial score (nSPS) is 30.6. The van der Waals surface area contributed by atoms with Gasteiger partial charge in [-0.3, -0.25) is 14.4 Å². The monoisotopic (exact) mass is 621 g/mol. The Labute approximate surface area is 243 Å². The van der Waals surface area contributed by atoms with Crippen LogP contribution >= 0.6 is 27.5 Å². The molecule has 3 aliphatic rings. The third-order valence-electron chi connectivity index (χ3n) is 8.59. The minimum absolute atomic E-state index is 0.0950. The van der Waals surface area contributed by atoms with Crippen molar-refractivity contribution in [2.24, 2.45) is 17.8 Å². The molecule has 0 aliphatic carbocycles. The van der Waals surface area contributed by atoms with Gasteiger partial charge in [-0.05, 0) is 36.6 Å². The zero-order valence-corrected chi connectivity index (χ0v) is 25.0. The van der Waals surface area contributed by atoms with Crippen LogP contribution in [0, 0.1) is 17.8 Å². The molecule has 2 bridgehead atoms. The number of fused-ring (bicyclic) bond motifs is 1. The second kappa shape index (κ2) is 11.7. The molecule has 3 unspecified atom stereocenters. The number of carbonyl (C=O) groups is 3. The van der Waals surface area contributed by atoms with Crippen LogP contribution in [0.15, 0.2) is 49.6 Å². The van der Waals surface area contributed by atoms with Crippen molar-refractivity contribution in [3.8, 4) is 0 Å². The number of halogens is 2. The van der Waals surface area contributed by atoms with Crippen molar-refractivity contribution < 1.29 is 24.2 Å². The number of aliphatic hydroxyl groups excluding tert-OH is 1. The van der Waals surface area contributed by atoms with Crippen molar-refractivity contribution in [3.05, 3.63) is 54.6 Å². The summed E-state index contributed by atoms with van der Waals surface area (Å²) < 4.78 is 6.63. The minimum Gasteiger partial charge on any atom is -0.394 e. The van der Waals surface area contributed by atoms with Gasteiger partial charge in [0.1, 0.15) is 11.6 Å². The number of hydrogen-bond acceptors (Lipinski definition) is 5. The third kappa shape index (κ3) is 4.85. The van der Waals surface area contributed by atoms with E-state index in [0.717, 1.165) is 0 Å². The highest BCUT2D eigenvalue weighted by Crippen LogP contribution is 2.61. The molecule has 212 valence electrons. The van der Waals surface area contributed by atoms with Gasteiger partial charge in [-0.15, -0.1) is 13.2 Å². The third-order valence-corrected chi connectivity index (χ3v) is 9.68. The standard InChI is InChI=1S/C29H37BrClN3O5/c1-6-13-32(5)26(36)22-23-27(37)34(21(16-35)17(4)8-3)25(29(23)15-20(30)24(22)39-29)28(38)33(14-7-2)19-11-9-18(31)10-12-19/h6-7,9-12,17,20-25,35H,1-2,8,13-16H2,3-5H3/t17-,20?,21-,22+,23-,24+,25?,29?/m0/s1. The first-order valence-corrected chi connectivity index (χ1v) is 14.7. The number of benzene rings is 1. The predicted molar refractivity (Wildman–Crippen MR) is 155 cm³/mol. The van der Waals surface area contributed by atoms with Crippen molar-refractivity contribution >= 4 is 50.9 Å². The van der Waals surface area contributed by atoms with Crippen LogP contribution in [-0.4, -0.2) is 88.0 Å². The lowest BCUT2D eigenvalue weighted by molar-refractivity contribution is -0.147. The highest BCUT2D eigenvalue weighted by molar-refractivity contribution is 9.09. The van der Waals surface area contributed by atoms with E-state index in [-0.39, 0.29) is 41.6 Å². The molecule has 0 radical (unpaired) electrons. The number of likely N-dealkylation sites (N-methyl/N-ethyl adjacent to an activating group) is 1. The minimum atomic E-state index is -1.23. The lowest BCUT2D eigenvalue weighted by Crippen LogP contribution is -2.60. The Morgan fingerprint density at radius 1 is 1.26 bits per heavy atom. The molecule has 1 N–H and O–H groups in total. The van der Waals surface area contributed by atoms with Gasteiger partial charge in [-0.2, -0.15) is 0 Å². The SMILES string of the molecule is C=CCN(C)C(=O)[C@H]1[C@@H]2OC3(CC2Br)C(C(=O)N(CC=C)c2ccc(Cl)cc2)N([C@@H](CO)[C@@H](C)CC)C(=O)[C@H]13. The van der Waals surface area contributed by atoms with Crippen molar-refractivity contribution in [1.29, 1.82) is 0 Å². The molecular formula is C29H37BrClN3O5. The molecule has 3 aliphatic heterocycles. The first-order valence-electron chi connectivity index (χ1n) is 13.4. The maximum absolute atomic E-state index is 14.6. The number of hydrogen-bond donors (Lipinski definition) is 1. The van der Waals surface area contributed by atoms with Gasteiger partial charge in [0.25, 0.3) is 5.91 Å². The molecule has 3 amide bonds. The summed E-state index contributed by atoms with van der Waals surface area (Å²) in [7, 11) is 1.67. The quantitative estimate of drug-likeness (QED) is 0.301. The van der Waals surface area contributed by atoms with Gasteiger partial charge in [-0.25, -0.2) is 0 Å². The molecule has 0 saturated carbocycles. The van der Waals surface area contributed by atoms with Gasteiger partial charge in [0, 0.05) is 35.7 Å². The Kier molecular flexibility index (Phi) is 8.95. The molecule has 1 aromatic carbocycles. The van der Waals surface area contributed by atoms with Crippen LogP contribution in [0.25, 0.3) is 0 Å². The molecule has 4 rings (SSSR count). The largest absolute Gasteiger partial charge is 0.394 e. The molecule has 8 atom stereocenters. The lowest BCUT2D eigenvalue weighted by atomic mass is 9.70. The Morgan fingerprint density at radius 3 is 2.46 bits per heavy atom. The van der Waals surface area contributed by atoms with E-state index in [4.69, 9.17) is 16.3 Å². The molecule has 3 fully saturated rings. The molecule has 1 spiro atoms. The average Bonchev–Trinajstić information content (AvgIpc) is 3.51. The Morgan fingerprint density at radius 2 is 1.90 bits per heavy atom. The average molecular weight is 623 g/mol. The fraction of sp³-hybridized carbons (Fsp3) is 0.552. The zero-order chi connectivity index (χ0) is 28.6. The fourth-order valence-electron chi connectivity index (χ4n) is 6.56. The number of carbonyl (C=O) groups excluding carboxylic acids is 3. The van der Waals surface area contributed by atoms with Crippen molar-refractivity contribution in [2.75, 3.05) is 31.6 Å². The van der Waals surface area contributed by atoms with Gasteiger partial charge >= 0.3 is 0 Å². The van der Waals surface area contributed by atoms with E-state index in [2.05, 4.69) is 29.1 Å². The van der Waals surface area contributed by atoms with Crippen LogP contribution < -0.4 is 4.90 Å². The van der Waals surface area contributed by atoms with Gasteiger partial charge in [-0.1, -0.05) is 60.0 Å². The summed E-state index contributed by atoms with van der Waals surface area (Å²) in [5, 5.41) is 11.1. The summed E-state index contributed by atoms with van der Waals surface area (Å²) >= 11 is 9.82. The van der Waals surface area contributed by atoms with Gasteiger partial charge in [0.2, 0.25) is 11.8 Å². The molecule has 1 aromatic rings. The van der Waals surface area contributed by atoms with E-state index in [1.165, 1.54) is 9.80 Å². The van der Waals surface area contributed by atoms with E-state index in [1.807, 2.05) is 13.8 Å². The number of likely N-dealkylation sites (tertiary alicyclic amines) is 1. The molecule has 39 heavy (non-hydrogen) atoms. The number of amides is 3. The first kappa shape index (κ1) is 29.8. The number of anilines is 1. The highest BCUT2D eigenvalue weighted by Gasteiger charge is 2.77. The Hall–Kier alpha value is -2.20. The summed E-state index contributed by atoms with van der Waals surface area (Å²) in [6, 6.07) is 5.23. The summed E-state index contributed by atoms with van der Waals surface area (Å²) in [6.45, 7) is 11.7. The highest BCUT2D eigenvalue weighted by atomic mass is 79.9. The first-order chi connectivity index (χ1) is 18.6. The Balaban J connectivity index is 1.86. The second-order valence-corrected chi connectivity index (χ2v) is 12.4.